The second-order valence-electron chi connectivity index (χ2n) is 13.6. The summed E-state index contributed by atoms with van der Waals surface area (Å²) in [5, 5.41) is 29.0. The number of aromatic nitrogens is 4. The number of carbonyl (C=O) groups is 3. The summed E-state index contributed by atoms with van der Waals surface area (Å²) in [6, 6.07) is 13.6. The highest BCUT2D eigenvalue weighted by molar-refractivity contribution is 5.95. The van der Waals surface area contributed by atoms with Crippen molar-refractivity contribution in [1.82, 2.24) is 40.6 Å². The molecule has 246 valence electrons. The molecule has 3 aromatic rings. The first-order valence-electron chi connectivity index (χ1n) is 16.5. The Balaban J connectivity index is 1.48. The number of nitrogens with one attached hydrogen (secondary N) is 2. The first kappa shape index (κ1) is 32.3. The van der Waals surface area contributed by atoms with Crippen molar-refractivity contribution in [3.8, 4) is 6.07 Å². The van der Waals surface area contributed by atoms with E-state index in [2.05, 4.69) is 32.0 Å². The summed E-state index contributed by atoms with van der Waals surface area (Å²) in [6.45, 7) is 0.736. The number of hydrogen-bond donors (Lipinski definition) is 2. The standard InChI is InChI=1S/C35H43N9O3/c1-42(2)32(46)25-12-14-28-23(17-25)10-11-24-18-26(33(47)43(3)4)13-15-29(24)35(28,34-38-40-41-39-34)19-30(22-7-5-8-22)37-21-31(45)44-16-6-9-27(44)20-36/h12-15,17-18,22,27,30,37H,5-11,16,19,21H2,1-4H3,(H,38,39,40,41)/t27-,30-/m0/s1. The van der Waals surface area contributed by atoms with Crippen LogP contribution in [0, 0.1) is 17.2 Å². The largest absolute Gasteiger partial charge is 0.345 e. The lowest BCUT2D eigenvalue weighted by Gasteiger charge is -2.42. The van der Waals surface area contributed by atoms with Crippen molar-refractivity contribution >= 4 is 17.7 Å². The summed E-state index contributed by atoms with van der Waals surface area (Å²) in [6.07, 6.45) is 6.60. The van der Waals surface area contributed by atoms with Gasteiger partial charge in [0, 0.05) is 51.9 Å². The summed E-state index contributed by atoms with van der Waals surface area (Å²) in [5.74, 6) is 0.687. The van der Waals surface area contributed by atoms with Crippen molar-refractivity contribution in [2.75, 3.05) is 41.3 Å². The quantitative estimate of drug-likeness (QED) is 0.364. The average molecular weight is 638 g/mol. The minimum absolute atomic E-state index is 0.0610. The maximum atomic E-state index is 13.4. The third kappa shape index (κ3) is 6.00. The molecule has 3 amide bonds. The second kappa shape index (κ2) is 13.2. The lowest BCUT2D eigenvalue weighted by Crippen LogP contribution is -2.50. The lowest BCUT2D eigenvalue weighted by molar-refractivity contribution is -0.130. The number of nitrogens with zero attached hydrogens (tertiary/aromatic N) is 7. The Labute approximate surface area is 275 Å². The van der Waals surface area contributed by atoms with E-state index >= 15 is 0 Å². The molecule has 2 fully saturated rings. The molecule has 47 heavy (non-hydrogen) atoms. The third-order valence-corrected chi connectivity index (χ3v) is 10.3. The topological polar surface area (TPSA) is 151 Å². The van der Waals surface area contributed by atoms with Crippen LogP contribution in [0.15, 0.2) is 36.4 Å². The monoisotopic (exact) mass is 637 g/mol. The lowest BCUT2D eigenvalue weighted by atomic mass is 9.64. The van der Waals surface area contributed by atoms with Crippen molar-refractivity contribution in [2.45, 2.75) is 68.9 Å². The molecular weight excluding hydrogens is 594 g/mol. The molecule has 1 saturated heterocycles. The van der Waals surface area contributed by atoms with E-state index in [0.717, 1.165) is 47.9 Å². The number of rotatable bonds is 9. The molecule has 12 nitrogen and oxygen atoms in total. The Kier molecular flexibility index (Phi) is 9.10. The summed E-state index contributed by atoms with van der Waals surface area (Å²) in [7, 11) is 6.98. The maximum absolute atomic E-state index is 13.4. The number of likely N-dealkylation sites (tertiary alicyclic amines) is 1. The van der Waals surface area contributed by atoms with Gasteiger partial charge in [-0.1, -0.05) is 18.6 Å². The SMILES string of the molecule is CN(C)C(=O)c1ccc2c(c1)CCc1cc(C(=O)N(C)C)ccc1C2(C[C@H](NCC(=O)N1CCC[C@H]1C#N)C1CCC1)c1nnn[nH]1. The van der Waals surface area contributed by atoms with E-state index in [1.807, 2.05) is 36.4 Å². The van der Waals surface area contributed by atoms with Crippen LogP contribution in [0.5, 0.6) is 0 Å². The first-order chi connectivity index (χ1) is 22.6. The van der Waals surface area contributed by atoms with Gasteiger partial charge in [0.1, 0.15) is 6.04 Å². The Morgan fingerprint density at radius 2 is 1.60 bits per heavy atom. The van der Waals surface area contributed by atoms with Crippen molar-refractivity contribution in [3.05, 3.63) is 75.6 Å². The Hall–Kier alpha value is -4.63. The maximum Gasteiger partial charge on any atom is 0.253 e. The van der Waals surface area contributed by atoms with Crippen LogP contribution in [-0.2, 0) is 23.1 Å². The molecule has 2 aliphatic carbocycles. The zero-order chi connectivity index (χ0) is 33.3. The van der Waals surface area contributed by atoms with E-state index in [1.165, 1.54) is 0 Å². The number of aryl methyl sites for hydroxylation is 2. The molecule has 3 aliphatic rings. The van der Waals surface area contributed by atoms with Crippen LogP contribution in [0.3, 0.4) is 0 Å². The van der Waals surface area contributed by atoms with Gasteiger partial charge in [0.05, 0.1) is 18.0 Å². The fourth-order valence-electron chi connectivity index (χ4n) is 7.64. The number of H-pyrrole nitrogens is 1. The summed E-state index contributed by atoms with van der Waals surface area (Å²) >= 11 is 0. The zero-order valence-electron chi connectivity index (χ0n) is 27.6. The molecular formula is C35H43N9O3. The van der Waals surface area contributed by atoms with Crippen molar-refractivity contribution in [3.63, 3.8) is 0 Å². The number of hydrogen-bond acceptors (Lipinski definition) is 8. The smallest absolute Gasteiger partial charge is 0.253 e. The van der Waals surface area contributed by atoms with E-state index in [4.69, 9.17) is 0 Å². The van der Waals surface area contributed by atoms with Crippen LogP contribution in [0.4, 0.5) is 0 Å². The van der Waals surface area contributed by atoms with Crippen LogP contribution < -0.4 is 5.32 Å². The molecule has 1 aliphatic heterocycles. The molecule has 6 rings (SSSR count). The van der Waals surface area contributed by atoms with Gasteiger partial charge in [0.2, 0.25) is 5.91 Å². The number of carbonyl (C=O) groups excluding carboxylic acids is 3. The predicted molar refractivity (Wildman–Crippen MR) is 174 cm³/mol. The van der Waals surface area contributed by atoms with E-state index in [9.17, 15) is 19.6 Å². The third-order valence-electron chi connectivity index (χ3n) is 10.3. The number of benzene rings is 2. The minimum atomic E-state index is -0.872. The first-order valence-corrected chi connectivity index (χ1v) is 16.5. The number of nitriles is 1. The van der Waals surface area contributed by atoms with Crippen LogP contribution in [0.1, 0.15) is 87.3 Å². The Morgan fingerprint density at radius 3 is 2.09 bits per heavy atom. The molecule has 0 unspecified atom stereocenters. The average Bonchev–Trinajstić information content (AvgIpc) is 3.74. The van der Waals surface area contributed by atoms with Gasteiger partial charge in [-0.3, -0.25) is 14.4 Å². The molecule has 2 aromatic carbocycles. The molecule has 0 radical (unpaired) electrons. The summed E-state index contributed by atoms with van der Waals surface area (Å²) < 4.78 is 0. The Morgan fingerprint density at radius 1 is 0.979 bits per heavy atom. The van der Waals surface area contributed by atoms with Gasteiger partial charge in [-0.25, -0.2) is 5.10 Å². The van der Waals surface area contributed by atoms with Gasteiger partial charge in [0.25, 0.3) is 11.8 Å². The predicted octanol–water partition coefficient (Wildman–Crippen LogP) is 2.70. The van der Waals surface area contributed by atoms with Crippen LogP contribution in [-0.4, -0.2) is 106 Å². The van der Waals surface area contributed by atoms with Crippen molar-refractivity contribution < 1.29 is 14.4 Å². The van der Waals surface area contributed by atoms with E-state index in [0.29, 0.717) is 55.1 Å². The summed E-state index contributed by atoms with van der Waals surface area (Å²) in [5.41, 5.74) is 4.36. The molecule has 2 N–H and O–H groups in total. The van der Waals surface area contributed by atoms with E-state index < -0.39 is 5.41 Å². The highest BCUT2D eigenvalue weighted by Crippen LogP contribution is 2.49. The number of tetrazole rings is 1. The van der Waals surface area contributed by atoms with Gasteiger partial charge < -0.3 is 20.0 Å². The van der Waals surface area contributed by atoms with Crippen LogP contribution >= 0.6 is 0 Å². The van der Waals surface area contributed by atoms with Gasteiger partial charge in [-0.2, -0.15) is 5.26 Å². The summed E-state index contributed by atoms with van der Waals surface area (Å²) in [4.78, 5) is 44.5. The van der Waals surface area contributed by atoms with Gasteiger partial charge in [-0.05, 0) is 108 Å². The molecule has 2 atom stereocenters. The zero-order valence-corrected chi connectivity index (χ0v) is 27.6. The van der Waals surface area contributed by atoms with E-state index in [-0.39, 0.29) is 36.3 Å². The van der Waals surface area contributed by atoms with Crippen molar-refractivity contribution in [1.29, 1.82) is 5.26 Å². The molecule has 12 heteroatoms. The highest BCUT2D eigenvalue weighted by Gasteiger charge is 2.47. The van der Waals surface area contributed by atoms with Crippen LogP contribution in [0.25, 0.3) is 0 Å². The van der Waals surface area contributed by atoms with Gasteiger partial charge in [-0.15, -0.1) is 5.10 Å². The van der Waals surface area contributed by atoms with Gasteiger partial charge in [0.15, 0.2) is 5.82 Å². The number of aromatic amines is 1. The van der Waals surface area contributed by atoms with Gasteiger partial charge >= 0.3 is 0 Å². The van der Waals surface area contributed by atoms with E-state index in [1.54, 1.807) is 42.9 Å². The molecule has 1 saturated carbocycles. The molecule has 2 heterocycles. The minimum Gasteiger partial charge on any atom is -0.345 e. The Bertz CT molecular complexity index is 1620. The molecule has 0 bridgehead atoms. The number of amides is 3. The van der Waals surface area contributed by atoms with Crippen LogP contribution in [0.2, 0.25) is 0 Å². The fourth-order valence-corrected chi connectivity index (χ4v) is 7.64. The second-order valence-corrected chi connectivity index (χ2v) is 13.6. The fraction of sp³-hybridized carbons (Fsp3) is 0.514. The van der Waals surface area contributed by atoms with Crippen molar-refractivity contribution in [2.24, 2.45) is 5.92 Å². The highest BCUT2D eigenvalue weighted by atomic mass is 16.2. The molecule has 0 spiro atoms. The molecule has 1 aromatic heterocycles. The number of fused-ring (bicyclic) bond motifs is 2. The normalized spacial score (nSPS) is 19.0.